The molecule has 6 nitrogen and oxygen atoms in total. The van der Waals surface area contributed by atoms with E-state index >= 15 is 0 Å². The Bertz CT molecular complexity index is 840. The lowest BCUT2D eigenvalue weighted by Crippen LogP contribution is -2.64. The number of hydrogen-bond acceptors (Lipinski definition) is 6. The van der Waals surface area contributed by atoms with Crippen LogP contribution in [0.25, 0.3) is 0 Å². The molecule has 1 spiro atoms. The van der Waals surface area contributed by atoms with E-state index in [9.17, 15) is 14.4 Å². The van der Waals surface area contributed by atoms with Crippen LogP contribution in [0.4, 0.5) is 0 Å². The highest BCUT2D eigenvalue weighted by Gasteiger charge is 2.77. The molecule has 28 heavy (non-hydrogen) atoms. The molecule has 0 amide bonds. The number of hydrogen-bond donors (Lipinski definition) is 0. The number of fused-ring (bicyclic) bond motifs is 4. The summed E-state index contributed by atoms with van der Waals surface area (Å²) in [5.41, 5.74) is 0.471. The van der Waals surface area contributed by atoms with Gasteiger partial charge in [0.15, 0.2) is 0 Å². The van der Waals surface area contributed by atoms with Crippen molar-refractivity contribution in [2.24, 2.45) is 22.7 Å². The van der Waals surface area contributed by atoms with Crippen LogP contribution in [0.2, 0.25) is 0 Å². The summed E-state index contributed by atoms with van der Waals surface area (Å²) in [6.07, 6.45) is 1.84. The van der Waals surface area contributed by atoms with Gasteiger partial charge in [-0.05, 0) is 32.1 Å². The van der Waals surface area contributed by atoms with E-state index < -0.39 is 11.5 Å². The van der Waals surface area contributed by atoms with E-state index in [4.69, 9.17) is 14.2 Å². The van der Waals surface area contributed by atoms with Gasteiger partial charge in [-0.1, -0.05) is 20.8 Å². The molecular formula is C22H28O6. The van der Waals surface area contributed by atoms with Crippen LogP contribution in [0.5, 0.6) is 0 Å². The van der Waals surface area contributed by atoms with Gasteiger partial charge in [0.1, 0.15) is 29.7 Å². The first kappa shape index (κ1) is 18.3. The molecule has 3 saturated carbocycles. The fourth-order valence-electron chi connectivity index (χ4n) is 7.20. The second-order valence-electron chi connectivity index (χ2n) is 10.1. The fourth-order valence-corrected chi connectivity index (χ4v) is 7.20. The van der Waals surface area contributed by atoms with Crippen molar-refractivity contribution in [1.29, 1.82) is 0 Å². The van der Waals surface area contributed by atoms with E-state index in [1.54, 1.807) is 0 Å². The smallest absolute Gasteiger partial charge is 0.334 e. The van der Waals surface area contributed by atoms with Gasteiger partial charge in [0.05, 0.1) is 0 Å². The van der Waals surface area contributed by atoms with Crippen LogP contribution in [-0.2, 0) is 28.6 Å². The third-order valence-electron chi connectivity index (χ3n) is 8.66. The van der Waals surface area contributed by atoms with Crippen molar-refractivity contribution >= 4 is 17.7 Å². The topological polar surface area (TPSA) is 82.2 Å². The van der Waals surface area contributed by atoms with Crippen molar-refractivity contribution in [1.82, 2.24) is 0 Å². The molecule has 0 radical (unpaired) electrons. The number of rotatable bonds is 1. The minimum atomic E-state index is -0.568. The number of carbonyl (C=O) groups is 3. The maximum atomic E-state index is 13.5. The molecule has 5 aliphatic rings. The Morgan fingerprint density at radius 1 is 1.18 bits per heavy atom. The predicted molar refractivity (Wildman–Crippen MR) is 98.1 cm³/mol. The van der Waals surface area contributed by atoms with Crippen LogP contribution in [-0.4, -0.2) is 41.6 Å². The van der Waals surface area contributed by atoms with Gasteiger partial charge in [-0.3, -0.25) is 9.59 Å². The minimum Gasteiger partial charge on any atom is -0.462 e. The summed E-state index contributed by atoms with van der Waals surface area (Å²) >= 11 is 0. The second kappa shape index (κ2) is 5.26. The zero-order chi connectivity index (χ0) is 20.2. The lowest BCUT2D eigenvalue weighted by molar-refractivity contribution is -0.190. The van der Waals surface area contributed by atoms with Gasteiger partial charge in [-0.2, -0.15) is 0 Å². The molecular weight excluding hydrogens is 360 g/mol. The maximum absolute atomic E-state index is 13.5. The average Bonchev–Trinajstić information content (AvgIpc) is 3.24. The molecule has 0 aromatic heterocycles. The first-order chi connectivity index (χ1) is 13.0. The van der Waals surface area contributed by atoms with Crippen LogP contribution >= 0.6 is 0 Å². The Kier molecular flexibility index (Phi) is 3.45. The van der Waals surface area contributed by atoms with Gasteiger partial charge in [-0.15, -0.1) is 0 Å². The number of Topliss-reactive ketones (excluding diaryl/α,β-unsaturated/α-hetero) is 1. The lowest BCUT2D eigenvalue weighted by Gasteiger charge is -2.60. The Balaban J connectivity index is 1.54. The molecule has 0 N–H and O–H groups in total. The first-order valence-corrected chi connectivity index (χ1v) is 10.3. The van der Waals surface area contributed by atoms with Gasteiger partial charge >= 0.3 is 11.9 Å². The van der Waals surface area contributed by atoms with E-state index in [1.807, 2.05) is 6.92 Å². The van der Waals surface area contributed by atoms with Crippen LogP contribution in [0, 0.1) is 22.7 Å². The molecule has 2 heterocycles. The Hall–Kier alpha value is -1.69. The fraction of sp³-hybridized carbons (Fsp3) is 0.773. The van der Waals surface area contributed by atoms with E-state index in [0.717, 1.165) is 18.4 Å². The number of esters is 2. The summed E-state index contributed by atoms with van der Waals surface area (Å²) in [5, 5.41) is 0. The van der Waals surface area contributed by atoms with Crippen molar-refractivity contribution < 1.29 is 28.6 Å². The zero-order valence-electron chi connectivity index (χ0n) is 17.2. The molecule has 4 fully saturated rings. The summed E-state index contributed by atoms with van der Waals surface area (Å²) in [6.45, 7) is 9.53. The maximum Gasteiger partial charge on any atom is 0.334 e. The number of ether oxygens (including phenoxy) is 3. The van der Waals surface area contributed by atoms with Crippen molar-refractivity contribution in [2.75, 3.05) is 0 Å². The van der Waals surface area contributed by atoms with Gasteiger partial charge in [0.2, 0.25) is 0 Å². The molecule has 6 heteroatoms. The highest BCUT2D eigenvalue weighted by molar-refractivity contribution is 5.93. The Labute approximate surface area is 165 Å². The molecule has 0 aromatic rings. The average molecular weight is 388 g/mol. The van der Waals surface area contributed by atoms with E-state index in [1.165, 1.54) is 6.92 Å². The first-order valence-electron chi connectivity index (χ1n) is 10.3. The largest absolute Gasteiger partial charge is 0.462 e. The van der Waals surface area contributed by atoms with Gasteiger partial charge in [0, 0.05) is 41.2 Å². The SMILES string of the molecule is CC(=O)O[C@H]1CC(=O)[C@]2(C)[C@H](CC[C@@]34O[C@@H]3C3=C(C)C(=O)O[C@@H]3C[C@H]42)C1(C)C. The third kappa shape index (κ3) is 2.00. The van der Waals surface area contributed by atoms with Gasteiger partial charge < -0.3 is 14.2 Å². The number of epoxide rings is 1. The van der Waals surface area contributed by atoms with Gasteiger partial charge in [-0.25, -0.2) is 4.79 Å². The molecule has 5 rings (SSSR count). The summed E-state index contributed by atoms with van der Waals surface area (Å²) in [4.78, 5) is 37.2. The molecule has 0 unspecified atom stereocenters. The summed E-state index contributed by atoms with van der Waals surface area (Å²) < 4.78 is 17.5. The van der Waals surface area contributed by atoms with Crippen LogP contribution < -0.4 is 0 Å². The molecule has 152 valence electrons. The van der Waals surface area contributed by atoms with E-state index in [0.29, 0.717) is 12.0 Å². The van der Waals surface area contributed by atoms with E-state index in [-0.39, 0.29) is 59.2 Å². The summed E-state index contributed by atoms with van der Waals surface area (Å²) in [6, 6.07) is 0. The third-order valence-corrected chi connectivity index (χ3v) is 8.66. The van der Waals surface area contributed by atoms with Crippen molar-refractivity contribution in [3.8, 4) is 0 Å². The minimum absolute atomic E-state index is 0.0150. The van der Waals surface area contributed by atoms with Gasteiger partial charge in [0.25, 0.3) is 0 Å². The van der Waals surface area contributed by atoms with Crippen molar-refractivity contribution in [3.05, 3.63) is 11.1 Å². The number of carbonyl (C=O) groups excluding carboxylic acids is 3. The molecule has 1 saturated heterocycles. The van der Waals surface area contributed by atoms with Crippen LogP contribution in [0.15, 0.2) is 11.1 Å². The normalized spacial score (nSPS) is 48.1. The van der Waals surface area contributed by atoms with Crippen molar-refractivity contribution in [2.45, 2.75) is 84.2 Å². The van der Waals surface area contributed by atoms with Crippen LogP contribution in [0.1, 0.15) is 60.3 Å². The molecule has 2 aliphatic heterocycles. The van der Waals surface area contributed by atoms with E-state index in [2.05, 4.69) is 20.8 Å². The zero-order valence-corrected chi connectivity index (χ0v) is 17.2. The number of ketones is 1. The molecule has 3 aliphatic carbocycles. The van der Waals surface area contributed by atoms with Crippen molar-refractivity contribution in [3.63, 3.8) is 0 Å². The molecule has 0 bridgehead atoms. The highest BCUT2D eigenvalue weighted by Crippen LogP contribution is 2.71. The molecule has 0 aromatic carbocycles. The lowest BCUT2D eigenvalue weighted by atomic mass is 9.43. The summed E-state index contributed by atoms with van der Waals surface area (Å²) in [5.74, 6) is -0.338. The Morgan fingerprint density at radius 3 is 2.57 bits per heavy atom. The highest BCUT2D eigenvalue weighted by atomic mass is 16.6. The Morgan fingerprint density at radius 2 is 1.89 bits per heavy atom. The predicted octanol–water partition coefficient (Wildman–Crippen LogP) is 2.73. The monoisotopic (exact) mass is 388 g/mol. The second-order valence-corrected chi connectivity index (χ2v) is 10.1. The standard InChI is InChI=1S/C22H28O6/c1-10-17-12(27-19(10)25)8-14-21(5)13(6-7-22(14)18(17)28-22)20(3,4)16(9-15(21)24)26-11(2)23/h12-14,16,18H,6-9H2,1-5H3/t12-,13-,14+,16+,18-,21-,22+/m1/s1. The van der Waals surface area contributed by atoms with Crippen LogP contribution in [0.3, 0.4) is 0 Å². The molecule has 7 atom stereocenters. The quantitative estimate of drug-likeness (QED) is 0.507. The summed E-state index contributed by atoms with van der Waals surface area (Å²) in [7, 11) is 0.